The van der Waals surface area contributed by atoms with Crippen LogP contribution in [0.4, 0.5) is 18.9 Å². The number of nitrogens with one attached hydrogen (secondary N) is 1. The Balaban J connectivity index is 1.71. The minimum Gasteiger partial charge on any atom is -0.497 e. The van der Waals surface area contributed by atoms with Crippen LogP contribution in [0.1, 0.15) is 10.4 Å². The van der Waals surface area contributed by atoms with E-state index in [9.17, 15) is 18.0 Å². The van der Waals surface area contributed by atoms with Crippen LogP contribution in [-0.2, 0) is 0 Å². The van der Waals surface area contributed by atoms with Crippen molar-refractivity contribution in [1.29, 1.82) is 0 Å². The maximum atomic E-state index is 12.8. The van der Waals surface area contributed by atoms with E-state index in [4.69, 9.17) is 4.74 Å². The van der Waals surface area contributed by atoms with Crippen LogP contribution in [-0.4, -0.2) is 43.6 Å². The molecule has 3 aromatic heterocycles. The molecule has 0 atom stereocenters. The maximum Gasteiger partial charge on any atom is 0.411 e. The Bertz CT molecular complexity index is 1260. The summed E-state index contributed by atoms with van der Waals surface area (Å²) in [6.45, 7) is 0. The van der Waals surface area contributed by atoms with Crippen LogP contribution >= 0.6 is 0 Å². The molecule has 4 aromatic rings. The Morgan fingerprint density at radius 1 is 1.23 bits per heavy atom. The molecule has 158 valence electrons. The summed E-state index contributed by atoms with van der Waals surface area (Å²) in [6.07, 6.45) is 2.13. The van der Waals surface area contributed by atoms with Crippen LogP contribution in [0.5, 0.6) is 5.75 Å². The quantitative estimate of drug-likeness (QED) is 0.521. The molecule has 1 aromatic carbocycles. The zero-order valence-corrected chi connectivity index (χ0v) is 16.0. The van der Waals surface area contributed by atoms with Gasteiger partial charge in [0, 0.05) is 30.2 Å². The summed E-state index contributed by atoms with van der Waals surface area (Å²) in [5, 5.41) is 10.9. The molecule has 0 bridgehead atoms. The fourth-order valence-corrected chi connectivity index (χ4v) is 2.86. The van der Waals surface area contributed by atoms with Crippen molar-refractivity contribution >= 4 is 23.4 Å². The number of fused-ring (bicyclic) bond motifs is 1. The molecule has 0 spiro atoms. The summed E-state index contributed by atoms with van der Waals surface area (Å²) in [6, 6.07) is 8.40. The van der Waals surface area contributed by atoms with E-state index < -0.39 is 12.1 Å². The van der Waals surface area contributed by atoms with Gasteiger partial charge in [0.1, 0.15) is 17.0 Å². The smallest absolute Gasteiger partial charge is 0.411 e. The van der Waals surface area contributed by atoms with Gasteiger partial charge in [-0.2, -0.15) is 23.4 Å². The summed E-state index contributed by atoms with van der Waals surface area (Å²) in [4.78, 5) is 17.0. The van der Waals surface area contributed by atoms with Crippen molar-refractivity contribution in [2.75, 3.05) is 12.4 Å². The van der Waals surface area contributed by atoms with Crippen molar-refractivity contribution in [2.24, 2.45) is 0 Å². The number of carbonyl (C=O) groups is 1. The third-order valence-electron chi connectivity index (χ3n) is 4.28. The zero-order valence-electron chi connectivity index (χ0n) is 16.0. The van der Waals surface area contributed by atoms with Gasteiger partial charge in [-0.15, -0.1) is 0 Å². The molecule has 31 heavy (non-hydrogen) atoms. The van der Waals surface area contributed by atoms with Gasteiger partial charge < -0.3 is 10.1 Å². The molecule has 0 aliphatic rings. The van der Waals surface area contributed by atoms with Gasteiger partial charge in [-0.1, -0.05) is 0 Å². The lowest BCUT2D eigenvalue weighted by Gasteiger charge is -2.05. The van der Waals surface area contributed by atoms with Crippen molar-refractivity contribution < 1.29 is 22.7 Å². The van der Waals surface area contributed by atoms with Gasteiger partial charge in [0.25, 0.3) is 5.91 Å². The molecule has 0 saturated carbocycles. The Labute approximate surface area is 173 Å². The maximum absolute atomic E-state index is 12.8. The first-order valence-electron chi connectivity index (χ1n) is 8.93. The van der Waals surface area contributed by atoms with E-state index >= 15 is 0 Å². The Hall–Kier alpha value is -4.15. The Morgan fingerprint density at radius 2 is 2.00 bits per heavy atom. The van der Waals surface area contributed by atoms with Crippen LogP contribution in [0.25, 0.3) is 23.1 Å². The predicted octanol–water partition coefficient (Wildman–Crippen LogP) is 3.89. The van der Waals surface area contributed by atoms with E-state index in [1.54, 1.807) is 36.5 Å². The van der Waals surface area contributed by atoms with E-state index in [0.717, 1.165) is 10.9 Å². The number of halogens is 3. The lowest BCUT2D eigenvalue weighted by atomic mass is 10.1. The van der Waals surface area contributed by atoms with Crippen LogP contribution in [0.15, 0.2) is 61.2 Å². The second-order valence-corrected chi connectivity index (χ2v) is 6.36. The number of nitrogens with zero attached hydrogens (tertiary/aromatic N) is 5. The van der Waals surface area contributed by atoms with Crippen LogP contribution in [0, 0.1) is 0 Å². The molecular formula is C20H15F3N6O2. The first-order valence-corrected chi connectivity index (χ1v) is 8.93. The number of aromatic nitrogens is 5. The molecule has 0 aliphatic carbocycles. The summed E-state index contributed by atoms with van der Waals surface area (Å²) in [5.74, 6) is 0.0750. The van der Waals surface area contributed by atoms with Crippen molar-refractivity contribution in [3.05, 3.63) is 66.8 Å². The van der Waals surface area contributed by atoms with E-state index in [1.165, 1.54) is 30.2 Å². The molecule has 0 saturated heterocycles. The first kappa shape index (κ1) is 20.1. The van der Waals surface area contributed by atoms with Crippen LogP contribution in [0.2, 0.25) is 0 Å². The number of carbonyl (C=O) groups excluding carboxylic acids is 1. The monoisotopic (exact) mass is 428 g/mol. The molecule has 0 aliphatic heterocycles. The molecule has 0 unspecified atom stereocenters. The number of methoxy groups -OCH3 is 1. The molecular weight excluding hydrogens is 413 g/mol. The zero-order chi connectivity index (χ0) is 22.0. The average molecular weight is 428 g/mol. The second-order valence-electron chi connectivity index (χ2n) is 6.36. The molecule has 11 heteroatoms. The van der Waals surface area contributed by atoms with Gasteiger partial charge in [-0.3, -0.25) is 4.79 Å². The normalized spacial score (nSPS) is 11.9. The number of benzene rings is 1. The second kappa shape index (κ2) is 7.94. The number of ether oxygens (including phenoxy) is 1. The largest absolute Gasteiger partial charge is 0.497 e. The molecule has 1 N–H and O–H groups in total. The number of alkyl halides is 3. The van der Waals surface area contributed by atoms with E-state index in [1.807, 2.05) is 0 Å². The minimum absolute atomic E-state index is 0.0542. The van der Waals surface area contributed by atoms with Gasteiger partial charge in [-0.25, -0.2) is 14.2 Å². The number of amides is 1. The number of rotatable bonds is 5. The van der Waals surface area contributed by atoms with Crippen molar-refractivity contribution in [1.82, 2.24) is 24.4 Å². The molecule has 3 heterocycles. The highest BCUT2D eigenvalue weighted by Gasteiger charge is 2.23. The fraction of sp³-hybridized carbons (Fsp3) is 0.100. The minimum atomic E-state index is -4.50. The van der Waals surface area contributed by atoms with Crippen molar-refractivity contribution in [3.63, 3.8) is 0 Å². The number of allylic oxidation sites excluding steroid dienone is 1. The molecule has 0 fully saturated rings. The lowest BCUT2D eigenvalue weighted by Crippen LogP contribution is -2.12. The van der Waals surface area contributed by atoms with Crippen LogP contribution < -0.4 is 10.1 Å². The Kier molecular flexibility index (Phi) is 5.15. The van der Waals surface area contributed by atoms with Gasteiger partial charge >= 0.3 is 6.18 Å². The molecule has 4 rings (SSSR count). The summed E-state index contributed by atoms with van der Waals surface area (Å²) >= 11 is 0. The van der Waals surface area contributed by atoms with Gasteiger partial charge in [0.15, 0.2) is 5.65 Å². The highest BCUT2D eigenvalue weighted by atomic mass is 19.4. The SMILES string of the molecule is COc1ccc(-c2nn(/C=C/C(F)(F)F)cc2NC(=O)c2cnn3cccnc23)cc1. The lowest BCUT2D eigenvalue weighted by molar-refractivity contribution is -0.0792. The number of hydrogen-bond donors (Lipinski definition) is 1. The van der Waals surface area contributed by atoms with Gasteiger partial charge in [-0.05, 0) is 30.3 Å². The predicted molar refractivity (Wildman–Crippen MR) is 107 cm³/mol. The number of hydrogen-bond acceptors (Lipinski definition) is 5. The third-order valence-corrected chi connectivity index (χ3v) is 4.28. The van der Waals surface area contributed by atoms with E-state index in [0.29, 0.717) is 17.0 Å². The third kappa shape index (κ3) is 4.39. The summed E-state index contributed by atoms with van der Waals surface area (Å²) in [7, 11) is 1.52. The summed E-state index contributed by atoms with van der Waals surface area (Å²) < 4.78 is 45.3. The van der Waals surface area contributed by atoms with Crippen molar-refractivity contribution in [2.45, 2.75) is 6.18 Å². The topological polar surface area (TPSA) is 86.3 Å². The first-order chi connectivity index (χ1) is 14.8. The van der Waals surface area contributed by atoms with Crippen molar-refractivity contribution in [3.8, 4) is 17.0 Å². The van der Waals surface area contributed by atoms with E-state index in [2.05, 4.69) is 20.5 Å². The highest BCUT2D eigenvalue weighted by molar-refractivity contribution is 6.09. The summed E-state index contributed by atoms with van der Waals surface area (Å²) in [5.41, 5.74) is 1.63. The number of anilines is 1. The van der Waals surface area contributed by atoms with Crippen LogP contribution in [0.3, 0.4) is 0 Å². The standard InChI is InChI=1S/C20H15F3N6O2/c1-31-14-5-3-13(4-6-14)17-16(12-28(27-17)10-7-20(21,22)23)26-19(30)15-11-25-29-9-2-8-24-18(15)29/h2-12H,1H3,(H,26,30)/b10-7+. The van der Waals surface area contributed by atoms with E-state index in [-0.39, 0.29) is 23.0 Å². The highest BCUT2D eigenvalue weighted by Crippen LogP contribution is 2.29. The molecule has 8 nitrogen and oxygen atoms in total. The van der Waals surface area contributed by atoms with Gasteiger partial charge in [0.05, 0.1) is 25.2 Å². The average Bonchev–Trinajstić information content (AvgIpc) is 3.36. The van der Waals surface area contributed by atoms with Gasteiger partial charge in [0.2, 0.25) is 0 Å². The fourth-order valence-electron chi connectivity index (χ4n) is 2.86. The molecule has 0 radical (unpaired) electrons. The Morgan fingerprint density at radius 3 is 2.71 bits per heavy atom. The molecule has 1 amide bonds.